The average molecular weight is 452 g/mol. The number of carbonyl (C=O) groups is 1. The lowest BCUT2D eigenvalue weighted by molar-refractivity contribution is -0.156. The summed E-state index contributed by atoms with van der Waals surface area (Å²) in [6, 6.07) is 10.4. The van der Waals surface area contributed by atoms with Crippen LogP contribution in [0.25, 0.3) is 0 Å². The number of nitrogens with zero attached hydrogens (tertiary/aromatic N) is 1. The number of pyridine rings is 1. The van der Waals surface area contributed by atoms with E-state index in [0.717, 1.165) is 11.1 Å². The molecule has 8 nitrogen and oxygen atoms in total. The Kier molecular flexibility index (Phi) is 9.74. The molecule has 1 atom stereocenters. The summed E-state index contributed by atoms with van der Waals surface area (Å²) >= 11 is 0. The molecule has 2 aromatic rings. The van der Waals surface area contributed by atoms with Gasteiger partial charge in [0.1, 0.15) is 5.75 Å². The summed E-state index contributed by atoms with van der Waals surface area (Å²) < 4.78 is 44.1. The lowest BCUT2D eigenvalue weighted by Gasteiger charge is -2.15. The molecule has 0 saturated heterocycles. The molecule has 0 N–H and O–H groups in total. The summed E-state index contributed by atoms with van der Waals surface area (Å²) in [4.78, 5) is 16.2. The van der Waals surface area contributed by atoms with Gasteiger partial charge < -0.3 is 18.4 Å². The maximum Gasteiger partial charge on any atom is 0.335 e. The smallest absolute Gasteiger partial charge is 0.335 e. The van der Waals surface area contributed by atoms with Gasteiger partial charge in [-0.2, -0.15) is 8.42 Å². The molecular weight excluding hydrogens is 422 g/mol. The quantitative estimate of drug-likeness (QED) is 0.338. The Hall–Kier alpha value is -2.65. The monoisotopic (exact) mass is 451 g/mol. The molecule has 1 heterocycles. The van der Waals surface area contributed by atoms with Gasteiger partial charge in [-0.05, 0) is 44.0 Å². The number of hydrogen-bond acceptors (Lipinski definition) is 8. The maximum atomic E-state index is 12.0. The standard InChI is InChI=1S/C22H29NO7S/c1-4-27-20(22(24)28-5-2)15-18-9-12-21(23-16-18)29-14-13-17-7-10-19(11-8-17)30-31(25,26)6-3/h7-12,16,20H,4-6,13-15H2,1-3H3. The Labute approximate surface area is 183 Å². The third kappa shape index (κ3) is 8.55. The highest BCUT2D eigenvalue weighted by Gasteiger charge is 2.20. The third-order valence-electron chi connectivity index (χ3n) is 4.28. The molecule has 0 saturated carbocycles. The van der Waals surface area contributed by atoms with Crippen LogP contribution in [0.2, 0.25) is 0 Å². The van der Waals surface area contributed by atoms with Crippen molar-refractivity contribution in [2.75, 3.05) is 25.6 Å². The number of carbonyl (C=O) groups excluding carboxylic acids is 1. The van der Waals surface area contributed by atoms with E-state index >= 15 is 0 Å². The first kappa shape index (κ1) is 24.6. The first-order valence-electron chi connectivity index (χ1n) is 10.2. The van der Waals surface area contributed by atoms with Crippen LogP contribution < -0.4 is 8.92 Å². The zero-order valence-electron chi connectivity index (χ0n) is 18.1. The first-order valence-corrected chi connectivity index (χ1v) is 11.8. The van der Waals surface area contributed by atoms with Crippen molar-refractivity contribution in [3.63, 3.8) is 0 Å². The van der Waals surface area contributed by atoms with Crippen LogP contribution in [0, 0.1) is 0 Å². The van der Waals surface area contributed by atoms with Gasteiger partial charge in [0.15, 0.2) is 6.10 Å². The Morgan fingerprint density at radius 3 is 2.29 bits per heavy atom. The second-order valence-corrected chi connectivity index (χ2v) is 8.44. The molecule has 170 valence electrons. The fraction of sp³-hybridized carbons (Fsp3) is 0.455. The van der Waals surface area contributed by atoms with E-state index in [4.69, 9.17) is 18.4 Å². The zero-order valence-corrected chi connectivity index (χ0v) is 18.9. The van der Waals surface area contributed by atoms with Gasteiger partial charge in [0, 0.05) is 31.7 Å². The van der Waals surface area contributed by atoms with E-state index < -0.39 is 16.2 Å². The molecule has 1 unspecified atom stereocenters. The number of rotatable bonds is 13. The molecule has 0 fully saturated rings. The zero-order chi connectivity index (χ0) is 22.7. The summed E-state index contributed by atoms with van der Waals surface area (Å²) in [6.07, 6.45) is 2.00. The van der Waals surface area contributed by atoms with Crippen LogP contribution in [-0.4, -0.2) is 51.0 Å². The predicted octanol–water partition coefficient (Wildman–Crippen LogP) is 2.94. The van der Waals surface area contributed by atoms with Crippen LogP contribution >= 0.6 is 0 Å². The minimum absolute atomic E-state index is 0.0799. The summed E-state index contributed by atoms with van der Waals surface area (Å²) in [6.45, 7) is 6.24. The van der Waals surface area contributed by atoms with E-state index in [9.17, 15) is 13.2 Å². The van der Waals surface area contributed by atoms with E-state index in [1.165, 1.54) is 6.92 Å². The molecular formula is C22H29NO7S. The van der Waals surface area contributed by atoms with Gasteiger partial charge in [0.2, 0.25) is 5.88 Å². The van der Waals surface area contributed by atoms with Crippen molar-refractivity contribution in [2.45, 2.75) is 39.7 Å². The molecule has 0 aliphatic rings. The number of hydrogen-bond donors (Lipinski definition) is 0. The van der Waals surface area contributed by atoms with E-state index in [1.807, 2.05) is 13.0 Å². The molecule has 0 aliphatic carbocycles. The van der Waals surface area contributed by atoms with E-state index in [1.54, 1.807) is 43.5 Å². The topological polar surface area (TPSA) is 101 Å². The van der Waals surface area contributed by atoms with Gasteiger partial charge in [0.05, 0.1) is 19.0 Å². The molecule has 0 radical (unpaired) electrons. The SMILES string of the molecule is CCOC(=O)C(Cc1ccc(OCCc2ccc(OS(=O)(=O)CC)cc2)nc1)OCC. The highest BCUT2D eigenvalue weighted by Crippen LogP contribution is 2.16. The summed E-state index contributed by atoms with van der Waals surface area (Å²) in [5.74, 6) is 0.302. The maximum absolute atomic E-state index is 12.0. The van der Waals surface area contributed by atoms with Gasteiger partial charge in [-0.1, -0.05) is 18.2 Å². The van der Waals surface area contributed by atoms with Crippen LogP contribution in [-0.2, 0) is 37.2 Å². The molecule has 1 aromatic carbocycles. The van der Waals surface area contributed by atoms with Gasteiger partial charge in [0.25, 0.3) is 0 Å². The van der Waals surface area contributed by atoms with Gasteiger partial charge >= 0.3 is 16.1 Å². The highest BCUT2D eigenvalue weighted by atomic mass is 32.2. The largest absolute Gasteiger partial charge is 0.477 e. The first-order chi connectivity index (χ1) is 14.9. The second kappa shape index (κ2) is 12.3. The predicted molar refractivity (Wildman–Crippen MR) is 116 cm³/mol. The molecule has 0 aliphatic heterocycles. The minimum atomic E-state index is -3.53. The molecule has 0 amide bonds. The van der Waals surface area contributed by atoms with Gasteiger partial charge in [-0.15, -0.1) is 0 Å². The number of ether oxygens (including phenoxy) is 3. The van der Waals surface area contributed by atoms with Crippen LogP contribution in [0.4, 0.5) is 0 Å². The minimum Gasteiger partial charge on any atom is -0.477 e. The van der Waals surface area contributed by atoms with E-state index in [-0.39, 0.29) is 17.5 Å². The lowest BCUT2D eigenvalue weighted by Crippen LogP contribution is -2.29. The van der Waals surface area contributed by atoms with E-state index in [0.29, 0.717) is 38.5 Å². The fourth-order valence-electron chi connectivity index (χ4n) is 2.67. The normalized spacial score (nSPS) is 12.2. The molecule has 0 bridgehead atoms. The molecule has 9 heteroatoms. The lowest BCUT2D eigenvalue weighted by atomic mass is 10.1. The summed E-state index contributed by atoms with van der Waals surface area (Å²) in [5, 5.41) is 0. The Morgan fingerprint density at radius 1 is 1.00 bits per heavy atom. The van der Waals surface area contributed by atoms with Crippen molar-refractivity contribution in [1.82, 2.24) is 4.98 Å². The van der Waals surface area contributed by atoms with Crippen LogP contribution in [0.15, 0.2) is 42.6 Å². The summed E-state index contributed by atoms with van der Waals surface area (Å²) in [7, 11) is -3.53. The van der Waals surface area contributed by atoms with E-state index in [2.05, 4.69) is 4.98 Å². The highest BCUT2D eigenvalue weighted by molar-refractivity contribution is 7.87. The molecule has 2 rings (SSSR count). The van der Waals surface area contributed by atoms with Gasteiger partial charge in [-0.25, -0.2) is 9.78 Å². The van der Waals surface area contributed by atoms with Crippen molar-refractivity contribution >= 4 is 16.1 Å². The fourth-order valence-corrected chi connectivity index (χ4v) is 3.19. The molecule has 0 spiro atoms. The van der Waals surface area contributed by atoms with Crippen LogP contribution in [0.5, 0.6) is 11.6 Å². The number of benzene rings is 1. The Bertz CT molecular complexity index is 912. The second-order valence-electron chi connectivity index (χ2n) is 6.58. The number of aromatic nitrogens is 1. The molecule has 31 heavy (non-hydrogen) atoms. The van der Waals surface area contributed by atoms with Crippen molar-refractivity contribution in [2.24, 2.45) is 0 Å². The van der Waals surface area contributed by atoms with Crippen LogP contribution in [0.1, 0.15) is 31.9 Å². The van der Waals surface area contributed by atoms with Crippen molar-refractivity contribution in [3.8, 4) is 11.6 Å². The summed E-state index contributed by atoms with van der Waals surface area (Å²) in [5.41, 5.74) is 1.82. The molecule has 1 aromatic heterocycles. The van der Waals surface area contributed by atoms with Crippen molar-refractivity contribution in [3.05, 3.63) is 53.7 Å². The Morgan fingerprint density at radius 2 is 1.71 bits per heavy atom. The number of esters is 1. The Balaban J connectivity index is 1.83. The van der Waals surface area contributed by atoms with Crippen molar-refractivity contribution in [1.29, 1.82) is 0 Å². The average Bonchev–Trinajstić information content (AvgIpc) is 2.76. The third-order valence-corrected chi connectivity index (χ3v) is 5.43. The van der Waals surface area contributed by atoms with Crippen LogP contribution in [0.3, 0.4) is 0 Å². The van der Waals surface area contributed by atoms with Gasteiger partial charge in [-0.3, -0.25) is 0 Å². The van der Waals surface area contributed by atoms with Crippen molar-refractivity contribution < 1.29 is 31.6 Å².